The van der Waals surface area contributed by atoms with Crippen LogP contribution < -0.4 is 4.74 Å². The van der Waals surface area contributed by atoms with Gasteiger partial charge in [-0.05, 0) is 66.8 Å². The number of carbonyl (C=O) groups excluding carboxylic acids is 1. The number of rotatable bonds is 7. The van der Waals surface area contributed by atoms with E-state index in [1.54, 1.807) is 19.2 Å². The largest absolute Gasteiger partial charge is 0.497 e. The van der Waals surface area contributed by atoms with Gasteiger partial charge in [-0.3, -0.25) is 9.78 Å². The molecule has 0 unspecified atom stereocenters. The molecule has 4 nitrogen and oxygen atoms in total. The molecule has 0 bridgehead atoms. The topological polar surface area (TPSA) is 42.4 Å². The fraction of sp³-hybridized carbons (Fsp3) is 0.333. The van der Waals surface area contributed by atoms with Crippen LogP contribution >= 0.6 is 0 Å². The van der Waals surface area contributed by atoms with E-state index >= 15 is 0 Å². The van der Waals surface area contributed by atoms with Crippen LogP contribution in [0.1, 0.15) is 47.7 Å². The van der Waals surface area contributed by atoms with E-state index in [9.17, 15) is 9.18 Å². The Labute approximate surface area is 189 Å². The summed E-state index contributed by atoms with van der Waals surface area (Å²) in [5.41, 5.74) is 4.19. The highest BCUT2D eigenvalue weighted by molar-refractivity contribution is 5.76. The van der Waals surface area contributed by atoms with Crippen molar-refractivity contribution in [3.05, 3.63) is 95.1 Å². The summed E-state index contributed by atoms with van der Waals surface area (Å²) in [5.74, 6) is 1.05. The van der Waals surface area contributed by atoms with E-state index in [-0.39, 0.29) is 17.6 Å². The molecule has 2 aromatic carbocycles. The quantitative estimate of drug-likeness (QED) is 0.518. The third-order valence-corrected chi connectivity index (χ3v) is 6.11. The summed E-state index contributed by atoms with van der Waals surface area (Å²) in [6.07, 6.45) is 3.94. The number of ether oxygens (including phenoxy) is 1. The highest BCUT2D eigenvalue weighted by Crippen LogP contribution is 2.27. The molecular weight excluding hydrogens is 403 g/mol. The first-order chi connectivity index (χ1) is 15.6. The molecule has 0 aliphatic carbocycles. The second-order valence-electron chi connectivity index (χ2n) is 8.38. The Hall–Kier alpha value is -3.21. The van der Waals surface area contributed by atoms with E-state index in [0.717, 1.165) is 54.1 Å². The molecule has 5 heteroatoms. The molecule has 1 amide bonds. The van der Waals surface area contributed by atoms with Crippen molar-refractivity contribution in [3.63, 3.8) is 0 Å². The van der Waals surface area contributed by atoms with E-state index in [1.807, 2.05) is 41.3 Å². The van der Waals surface area contributed by atoms with Crippen molar-refractivity contribution in [2.75, 3.05) is 20.2 Å². The molecule has 0 spiro atoms. The second kappa shape index (κ2) is 10.4. The van der Waals surface area contributed by atoms with Gasteiger partial charge in [0.05, 0.1) is 7.11 Å². The zero-order chi connectivity index (χ0) is 22.3. The van der Waals surface area contributed by atoms with E-state index in [1.165, 1.54) is 12.1 Å². The van der Waals surface area contributed by atoms with Crippen LogP contribution in [0.3, 0.4) is 0 Å². The lowest BCUT2D eigenvalue weighted by molar-refractivity contribution is -0.132. The molecule has 32 heavy (non-hydrogen) atoms. The molecule has 4 rings (SSSR count). The summed E-state index contributed by atoms with van der Waals surface area (Å²) in [6.45, 7) is 1.53. The van der Waals surface area contributed by atoms with E-state index in [0.29, 0.717) is 19.4 Å². The lowest BCUT2D eigenvalue weighted by Gasteiger charge is -2.32. The van der Waals surface area contributed by atoms with Gasteiger partial charge >= 0.3 is 0 Å². The fourth-order valence-corrected chi connectivity index (χ4v) is 4.28. The predicted molar refractivity (Wildman–Crippen MR) is 123 cm³/mol. The molecule has 1 atom stereocenters. The number of hydrogen-bond acceptors (Lipinski definition) is 3. The number of halogens is 1. The Morgan fingerprint density at radius 2 is 1.81 bits per heavy atom. The lowest BCUT2D eigenvalue weighted by Crippen LogP contribution is -2.39. The molecule has 0 radical (unpaired) electrons. The maximum Gasteiger partial charge on any atom is 0.222 e. The van der Waals surface area contributed by atoms with E-state index < -0.39 is 0 Å². The van der Waals surface area contributed by atoms with E-state index in [2.05, 4.69) is 6.07 Å². The number of pyridine rings is 1. The molecule has 0 saturated carbocycles. The van der Waals surface area contributed by atoms with Gasteiger partial charge in [0.15, 0.2) is 0 Å². The van der Waals surface area contributed by atoms with Gasteiger partial charge < -0.3 is 9.64 Å². The number of likely N-dealkylation sites (tertiary alicyclic amines) is 1. The van der Waals surface area contributed by atoms with Crippen molar-refractivity contribution in [2.24, 2.45) is 0 Å². The van der Waals surface area contributed by atoms with Crippen molar-refractivity contribution in [1.82, 2.24) is 9.88 Å². The van der Waals surface area contributed by atoms with Gasteiger partial charge in [0.25, 0.3) is 0 Å². The first-order valence-electron chi connectivity index (χ1n) is 11.2. The van der Waals surface area contributed by atoms with E-state index in [4.69, 9.17) is 9.72 Å². The van der Waals surface area contributed by atoms with Gasteiger partial charge in [-0.1, -0.05) is 30.3 Å². The molecule has 166 valence electrons. The number of piperidine rings is 1. The van der Waals surface area contributed by atoms with Gasteiger partial charge in [-0.2, -0.15) is 0 Å². The number of aryl methyl sites for hydroxylation is 1. The Kier molecular flexibility index (Phi) is 7.15. The lowest BCUT2D eigenvalue weighted by atomic mass is 9.93. The van der Waals surface area contributed by atoms with Crippen molar-refractivity contribution < 1.29 is 13.9 Å². The summed E-state index contributed by atoms with van der Waals surface area (Å²) in [7, 11) is 1.65. The van der Waals surface area contributed by atoms with Gasteiger partial charge in [0.1, 0.15) is 11.6 Å². The Balaban J connectivity index is 1.35. The second-order valence-corrected chi connectivity index (χ2v) is 8.38. The minimum atomic E-state index is -0.227. The number of benzene rings is 2. The van der Waals surface area contributed by atoms with Crippen LogP contribution in [0.5, 0.6) is 5.75 Å². The van der Waals surface area contributed by atoms with Crippen LogP contribution in [0.2, 0.25) is 0 Å². The summed E-state index contributed by atoms with van der Waals surface area (Å²) < 4.78 is 18.4. The summed E-state index contributed by atoms with van der Waals surface area (Å²) in [4.78, 5) is 19.7. The van der Waals surface area contributed by atoms with Crippen LogP contribution in [0.25, 0.3) is 0 Å². The van der Waals surface area contributed by atoms with Crippen LogP contribution in [-0.4, -0.2) is 36.0 Å². The Bertz CT molecular complexity index is 1030. The minimum Gasteiger partial charge on any atom is -0.497 e. The van der Waals surface area contributed by atoms with Crippen molar-refractivity contribution in [2.45, 2.75) is 38.0 Å². The van der Waals surface area contributed by atoms with Gasteiger partial charge in [-0.25, -0.2) is 4.39 Å². The van der Waals surface area contributed by atoms with Gasteiger partial charge in [-0.15, -0.1) is 0 Å². The molecule has 1 aliphatic rings. The normalized spacial score (nSPS) is 16.1. The van der Waals surface area contributed by atoms with Gasteiger partial charge in [0, 0.05) is 43.2 Å². The molecule has 1 aliphatic heterocycles. The maximum atomic E-state index is 13.2. The monoisotopic (exact) mass is 432 g/mol. The van der Waals surface area contributed by atoms with Gasteiger partial charge in [0.2, 0.25) is 5.91 Å². The number of aromatic nitrogens is 1. The molecule has 1 saturated heterocycles. The minimum absolute atomic E-state index is 0.202. The van der Waals surface area contributed by atoms with Crippen molar-refractivity contribution in [3.8, 4) is 5.75 Å². The predicted octanol–water partition coefficient (Wildman–Crippen LogP) is 5.16. The first-order valence-corrected chi connectivity index (χ1v) is 11.2. The summed E-state index contributed by atoms with van der Waals surface area (Å²) in [5, 5.41) is 0. The Morgan fingerprint density at radius 3 is 2.56 bits per heavy atom. The average molecular weight is 433 g/mol. The fourth-order valence-electron chi connectivity index (χ4n) is 4.28. The molecule has 1 aromatic heterocycles. The molecule has 1 fully saturated rings. The number of amides is 1. The first kappa shape index (κ1) is 22.0. The zero-order valence-corrected chi connectivity index (χ0v) is 18.5. The number of hydrogen-bond donors (Lipinski definition) is 0. The van der Waals surface area contributed by atoms with Crippen molar-refractivity contribution >= 4 is 5.91 Å². The highest BCUT2D eigenvalue weighted by atomic mass is 19.1. The SMILES string of the molecule is COc1ccc(CCC(=O)N2CCC[C@@H](c3cccc(Cc4ccc(F)cc4)n3)C2)cc1. The average Bonchev–Trinajstić information content (AvgIpc) is 2.84. The van der Waals surface area contributed by atoms with Crippen LogP contribution in [-0.2, 0) is 17.6 Å². The third kappa shape index (κ3) is 5.72. The standard InChI is InChI=1S/C27H29FN2O2/c1-32-25-14-9-20(10-15-25)11-16-27(31)30-17-3-4-22(19-30)26-6-2-5-24(29-26)18-21-7-12-23(28)13-8-21/h2,5-10,12-15,22H,3-4,11,16-19H2,1H3/t22-/m1/s1. The smallest absolute Gasteiger partial charge is 0.222 e. The molecule has 2 heterocycles. The molecule has 3 aromatic rings. The number of methoxy groups -OCH3 is 1. The molecule has 0 N–H and O–H groups in total. The maximum absolute atomic E-state index is 13.2. The molecular formula is C27H29FN2O2. The van der Waals surface area contributed by atoms with Crippen LogP contribution in [0.15, 0.2) is 66.7 Å². The zero-order valence-electron chi connectivity index (χ0n) is 18.5. The Morgan fingerprint density at radius 1 is 1.06 bits per heavy atom. The number of carbonyl (C=O) groups is 1. The summed E-state index contributed by atoms with van der Waals surface area (Å²) >= 11 is 0. The number of nitrogens with zero attached hydrogens (tertiary/aromatic N) is 2. The van der Waals surface area contributed by atoms with Crippen LogP contribution in [0.4, 0.5) is 4.39 Å². The third-order valence-electron chi connectivity index (χ3n) is 6.11. The summed E-state index contributed by atoms with van der Waals surface area (Å²) in [6, 6.07) is 20.6. The van der Waals surface area contributed by atoms with Crippen molar-refractivity contribution in [1.29, 1.82) is 0 Å². The van der Waals surface area contributed by atoms with Crippen LogP contribution in [0, 0.1) is 5.82 Å². The highest BCUT2D eigenvalue weighted by Gasteiger charge is 2.25.